The summed E-state index contributed by atoms with van der Waals surface area (Å²) in [5.74, 6) is -2.02. The second-order valence-corrected chi connectivity index (χ2v) is 4.60. The van der Waals surface area contributed by atoms with Crippen LogP contribution in [0.5, 0.6) is 0 Å². The number of aliphatic hydroxyl groups excluding tert-OH is 1. The minimum absolute atomic E-state index is 0.0481. The highest BCUT2D eigenvalue weighted by atomic mass is 19.1. The summed E-state index contributed by atoms with van der Waals surface area (Å²) in [7, 11) is 0. The molecule has 1 fully saturated rings. The van der Waals surface area contributed by atoms with Crippen LogP contribution >= 0.6 is 0 Å². The van der Waals surface area contributed by atoms with Gasteiger partial charge >= 0.3 is 12.0 Å². The van der Waals surface area contributed by atoms with E-state index in [1.807, 2.05) is 0 Å². The number of likely N-dealkylation sites (tertiary alicyclic amines) is 1. The van der Waals surface area contributed by atoms with Crippen LogP contribution in [0.4, 0.5) is 14.9 Å². The van der Waals surface area contributed by atoms with Crippen LogP contribution < -0.4 is 5.32 Å². The molecule has 1 aromatic rings. The highest BCUT2D eigenvalue weighted by molar-refractivity contribution is 5.93. The van der Waals surface area contributed by atoms with Crippen molar-refractivity contribution in [3.05, 3.63) is 29.6 Å². The standard InChI is InChI=1S/C13H12FN3O4/c14-9-2-1-3-10(8(9)5-15)16-13(21)17-6-7(18)4-11(17)12(19)20/h1-3,7,11,18H,4,6H2,(H,16,21)(H,19,20)/t7?,11-/m0/s1. The Morgan fingerprint density at radius 2 is 2.19 bits per heavy atom. The predicted molar refractivity (Wildman–Crippen MR) is 68.9 cm³/mol. The zero-order valence-corrected chi connectivity index (χ0v) is 10.8. The van der Waals surface area contributed by atoms with Gasteiger partial charge in [0.05, 0.1) is 11.8 Å². The van der Waals surface area contributed by atoms with Crippen molar-refractivity contribution >= 4 is 17.7 Å². The third kappa shape index (κ3) is 2.93. The number of halogens is 1. The zero-order valence-electron chi connectivity index (χ0n) is 10.8. The van der Waals surface area contributed by atoms with Crippen molar-refractivity contribution in [1.29, 1.82) is 5.26 Å². The molecule has 1 aliphatic heterocycles. The number of carboxylic acids is 1. The van der Waals surface area contributed by atoms with Gasteiger partial charge in [0.1, 0.15) is 23.5 Å². The molecule has 0 bridgehead atoms. The summed E-state index contributed by atoms with van der Waals surface area (Å²) in [6.45, 7) is -0.139. The van der Waals surface area contributed by atoms with E-state index in [2.05, 4.69) is 5.32 Å². The zero-order chi connectivity index (χ0) is 15.6. The number of nitrogens with one attached hydrogen (secondary N) is 1. The van der Waals surface area contributed by atoms with Crippen molar-refractivity contribution in [1.82, 2.24) is 4.90 Å². The molecule has 1 aromatic carbocycles. The van der Waals surface area contributed by atoms with Crippen molar-refractivity contribution < 1.29 is 24.2 Å². The average molecular weight is 293 g/mol. The fourth-order valence-electron chi connectivity index (χ4n) is 2.20. The molecule has 2 amide bonds. The Labute approximate surface area is 119 Å². The van der Waals surface area contributed by atoms with Gasteiger partial charge in [-0.25, -0.2) is 14.0 Å². The Morgan fingerprint density at radius 1 is 1.48 bits per heavy atom. The number of carbonyl (C=O) groups excluding carboxylic acids is 1. The number of nitriles is 1. The van der Waals surface area contributed by atoms with Crippen molar-refractivity contribution in [2.75, 3.05) is 11.9 Å². The number of aliphatic hydroxyl groups is 1. The van der Waals surface area contributed by atoms with Gasteiger partial charge in [0, 0.05) is 13.0 Å². The molecule has 1 unspecified atom stereocenters. The Balaban J connectivity index is 2.21. The Kier molecular flexibility index (Phi) is 4.05. The lowest BCUT2D eigenvalue weighted by Gasteiger charge is -2.21. The quantitative estimate of drug-likeness (QED) is 0.744. The number of hydrogen-bond acceptors (Lipinski definition) is 4. The van der Waals surface area contributed by atoms with Crippen molar-refractivity contribution in [3.8, 4) is 6.07 Å². The van der Waals surface area contributed by atoms with Gasteiger partial charge in [0.25, 0.3) is 0 Å². The monoisotopic (exact) mass is 293 g/mol. The first-order valence-electron chi connectivity index (χ1n) is 6.11. The number of nitrogens with zero attached hydrogens (tertiary/aromatic N) is 2. The van der Waals surface area contributed by atoms with Gasteiger partial charge in [-0.2, -0.15) is 5.26 Å². The highest BCUT2D eigenvalue weighted by Gasteiger charge is 2.39. The number of β-amino-alcohol motifs (C(OH)–C–C–N with tert-alkyl or cyclic N) is 1. The maximum absolute atomic E-state index is 13.4. The lowest BCUT2D eigenvalue weighted by molar-refractivity contribution is -0.141. The molecule has 0 radical (unpaired) electrons. The first kappa shape index (κ1) is 14.7. The number of rotatable bonds is 2. The number of aliphatic carboxylic acids is 1. The molecule has 0 aromatic heterocycles. The maximum Gasteiger partial charge on any atom is 0.326 e. The van der Waals surface area contributed by atoms with Crippen LogP contribution in [-0.4, -0.2) is 45.8 Å². The third-order valence-electron chi connectivity index (χ3n) is 3.19. The summed E-state index contributed by atoms with van der Waals surface area (Å²) in [6, 6.07) is 3.40. The summed E-state index contributed by atoms with van der Waals surface area (Å²) in [4.78, 5) is 24.1. The highest BCUT2D eigenvalue weighted by Crippen LogP contribution is 2.22. The van der Waals surface area contributed by atoms with E-state index in [-0.39, 0.29) is 24.2 Å². The molecule has 0 spiro atoms. The second-order valence-electron chi connectivity index (χ2n) is 4.60. The Morgan fingerprint density at radius 3 is 2.81 bits per heavy atom. The molecular weight excluding hydrogens is 281 g/mol. The largest absolute Gasteiger partial charge is 0.480 e. The van der Waals surface area contributed by atoms with E-state index >= 15 is 0 Å². The topological polar surface area (TPSA) is 114 Å². The van der Waals surface area contributed by atoms with Crippen LogP contribution in [0, 0.1) is 17.1 Å². The Hall–Kier alpha value is -2.66. The fourth-order valence-corrected chi connectivity index (χ4v) is 2.20. The number of benzene rings is 1. The third-order valence-corrected chi connectivity index (χ3v) is 3.19. The average Bonchev–Trinajstić information content (AvgIpc) is 2.81. The van der Waals surface area contributed by atoms with E-state index < -0.39 is 30.0 Å². The smallest absolute Gasteiger partial charge is 0.326 e. The van der Waals surface area contributed by atoms with E-state index in [9.17, 15) is 19.1 Å². The molecule has 0 aliphatic carbocycles. The van der Waals surface area contributed by atoms with E-state index in [1.54, 1.807) is 6.07 Å². The van der Waals surface area contributed by atoms with Crippen molar-refractivity contribution in [2.24, 2.45) is 0 Å². The van der Waals surface area contributed by atoms with E-state index in [0.717, 1.165) is 11.0 Å². The molecule has 1 aliphatic rings. The number of urea groups is 1. The number of hydrogen-bond donors (Lipinski definition) is 3. The van der Waals surface area contributed by atoms with Crippen molar-refractivity contribution in [3.63, 3.8) is 0 Å². The molecule has 21 heavy (non-hydrogen) atoms. The summed E-state index contributed by atoms with van der Waals surface area (Å²) in [6.07, 6.45) is -1.00. The maximum atomic E-state index is 13.4. The fraction of sp³-hybridized carbons (Fsp3) is 0.308. The van der Waals surface area contributed by atoms with Gasteiger partial charge in [-0.15, -0.1) is 0 Å². The minimum atomic E-state index is -1.23. The molecular formula is C13H12FN3O4. The summed E-state index contributed by atoms with van der Waals surface area (Å²) in [5.41, 5.74) is -0.384. The molecule has 2 atom stereocenters. The van der Waals surface area contributed by atoms with E-state index in [4.69, 9.17) is 10.4 Å². The number of amides is 2. The van der Waals surface area contributed by atoms with Gasteiger partial charge in [0.15, 0.2) is 0 Å². The normalized spacial score (nSPS) is 20.9. The van der Waals surface area contributed by atoms with Crippen LogP contribution in [0.25, 0.3) is 0 Å². The van der Waals surface area contributed by atoms with Crippen LogP contribution in [0.15, 0.2) is 18.2 Å². The van der Waals surface area contributed by atoms with E-state index in [0.29, 0.717) is 0 Å². The van der Waals surface area contributed by atoms with Gasteiger partial charge in [-0.1, -0.05) is 6.07 Å². The van der Waals surface area contributed by atoms with Gasteiger partial charge in [-0.3, -0.25) is 0 Å². The summed E-state index contributed by atoms with van der Waals surface area (Å²) < 4.78 is 13.4. The van der Waals surface area contributed by atoms with Crippen LogP contribution in [0.1, 0.15) is 12.0 Å². The molecule has 0 saturated carbocycles. The minimum Gasteiger partial charge on any atom is -0.480 e. The van der Waals surface area contributed by atoms with Gasteiger partial charge < -0.3 is 20.4 Å². The summed E-state index contributed by atoms with van der Waals surface area (Å²) >= 11 is 0. The first-order valence-corrected chi connectivity index (χ1v) is 6.11. The predicted octanol–water partition coefficient (Wildman–Crippen LogP) is 0.749. The van der Waals surface area contributed by atoms with Crippen LogP contribution in [0.2, 0.25) is 0 Å². The van der Waals surface area contributed by atoms with Gasteiger partial charge in [-0.05, 0) is 12.1 Å². The second kappa shape index (κ2) is 5.76. The molecule has 7 nitrogen and oxygen atoms in total. The number of carbonyl (C=O) groups is 2. The molecule has 8 heteroatoms. The molecule has 1 heterocycles. The molecule has 2 rings (SSSR count). The van der Waals surface area contributed by atoms with E-state index in [1.165, 1.54) is 12.1 Å². The van der Waals surface area contributed by atoms with Crippen LogP contribution in [0.3, 0.4) is 0 Å². The number of anilines is 1. The molecule has 1 saturated heterocycles. The lowest BCUT2D eigenvalue weighted by atomic mass is 10.2. The summed E-state index contributed by atoms with van der Waals surface area (Å²) in [5, 5.41) is 29.7. The molecule has 3 N–H and O–H groups in total. The number of carboxylic acid groups (broad SMARTS) is 1. The van der Waals surface area contributed by atoms with Gasteiger partial charge in [0.2, 0.25) is 0 Å². The van der Waals surface area contributed by atoms with Crippen LogP contribution in [-0.2, 0) is 4.79 Å². The first-order chi connectivity index (χ1) is 9.93. The molecule has 110 valence electrons. The SMILES string of the molecule is N#Cc1c(F)cccc1NC(=O)N1CC(O)C[C@H]1C(=O)O. The van der Waals surface area contributed by atoms with Crippen molar-refractivity contribution in [2.45, 2.75) is 18.6 Å². The Bertz CT molecular complexity index is 628. The lowest BCUT2D eigenvalue weighted by Crippen LogP contribution is -2.43.